The van der Waals surface area contributed by atoms with Crippen molar-refractivity contribution in [3.63, 3.8) is 0 Å². The van der Waals surface area contributed by atoms with Crippen LogP contribution >= 0.6 is 0 Å². The van der Waals surface area contributed by atoms with Crippen molar-refractivity contribution >= 4 is 0 Å². The molecule has 0 heterocycles. The first-order chi connectivity index (χ1) is 9.38. The van der Waals surface area contributed by atoms with Crippen molar-refractivity contribution in [2.75, 3.05) is 13.6 Å². The van der Waals surface area contributed by atoms with E-state index in [1.54, 1.807) is 0 Å². The predicted octanol–water partition coefficient (Wildman–Crippen LogP) is 4.18. The molecule has 0 aliphatic heterocycles. The molecule has 0 bridgehead atoms. The molecule has 20 heavy (non-hydrogen) atoms. The van der Waals surface area contributed by atoms with Crippen LogP contribution in [0.15, 0.2) is 0 Å². The minimum Gasteiger partial charge on any atom is -0.329 e. The van der Waals surface area contributed by atoms with E-state index in [4.69, 9.17) is 5.73 Å². The first kappa shape index (κ1) is 16.3. The Morgan fingerprint density at radius 1 is 1.05 bits per heavy atom. The molecule has 2 saturated carbocycles. The van der Waals surface area contributed by atoms with Crippen molar-refractivity contribution in [3.05, 3.63) is 0 Å². The van der Waals surface area contributed by atoms with Gasteiger partial charge >= 0.3 is 0 Å². The molecule has 118 valence electrons. The number of nitrogens with two attached hydrogens (primary N) is 1. The largest absolute Gasteiger partial charge is 0.329 e. The van der Waals surface area contributed by atoms with E-state index in [9.17, 15) is 0 Å². The Hall–Kier alpha value is -0.0800. The molecule has 2 fully saturated rings. The molecule has 0 amide bonds. The second-order valence-corrected chi connectivity index (χ2v) is 8.54. The monoisotopic (exact) mass is 280 g/mol. The third-order valence-corrected chi connectivity index (χ3v) is 5.94. The minimum atomic E-state index is 0.246. The molecule has 0 aromatic carbocycles. The highest BCUT2D eigenvalue weighted by molar-refractivity contribution is 5.02. The zero-order valence-corrected chi connectivity index (χ0v) is 14.3. The van der Waals surface area contributed by atoms with Gasteiger partial charge in [0, 0.05) is 18.1 Å². The lowest BCUT2D eigenvalue weighted by atomic mass is 9.63. The lowest BCUT2D eigenvalue weighted by Crippen LogP contribution is -2.60. The molecule has 2 heteroatoms. The topological polar surface area (TPSA) is 29.3 Å². The predicted molar refractivity (Wildman–Crippen MR) is 87.8 cm³/mol. The van der Waals surface area contributed by atoms with Crippen molar-refractivity contribution in [1.82, 2.24) is 4.90 Å². The van der Waals surface area contributed by atoms with Crippen molar-refractivity contribution in [2.45, 2.75) is 90.1 Å². The number of hydrogen-bond acceptors (Lipinski definition) is 2. The molecule has 2 atom stereocenters. The van der Waals surface area contributed by atoms with E-state index < -0.39 is 0 Å². The van der Waals surface area contributed by atoms with Gasteiger partial charge in [0.2, 0.25) is 0 Å². The molecule has 0 radical (unpaired) electrons. The fourth-order valence-corrected chi connectivity index (χ4v) is 5.30. The van der Waals surface area contributed by atoms with E-state index in [2.05, 4.69) is 32.7 Å². The lowest BCUT2D eigenvalue weighted by Gasteiger charge is -2.54. The average molecular weight is 280 g/mol. The molecule has 0 saturated heterocycles. The summed E-state index contributed by atoms with van der Waals surface area (Å²) in [5.74, 6) is 0.801. The van der Waals surface area contributed by atoms with Gasteiger partial charge in [-0.05, 0) is 50.5 Å². The van der Waals surface area contributed by atoms with Crippen LogP contribution < -0.4 is 5.73 Å². The quantitative estimate of drug-likeness (QED) is 0.786. The number of hydrogen-bond donors (Lipinski definition) is 1. The maximum Gasteiger partial charge on any atom is 0.0339 e. The van der Waals surface area contributed by atoms with Crippen LogP contribution in [0, 0.1) is 11.3 Å². The standard InChI is InChI=1S/C18H36N2/c1-15-11-17(2,3)13-18(12-15,14-19)20(4)16-9-7-5-6-8-10-16/h15-16H,5-14,19H2,1-4H3. The second-order valence-electron chi connectivity index (χ2n) is 8.54. The highest BCUT2D eigenvalue weighted by atomic mass is 15.2. The summed E-state index contributed by atoms with van der Waals surface area (Å²) < 4.78 is 0. The van der Waals surface area contributed by atoms with Gasteiger partial charge in [-0.15, -0.1) is 0 Å². The highest BCUT2D eigenvalue weighted by Crippen LogP contribution is 2.47. The average Bonchev–Trinajstić information content (AvgIpc) is 2.64. The Morgan fingerprint density at radius 2 is 1.65 bits per heavy atom. The SMILES string of the molecule is CC1CC(C)(C)CC(CN)(N(C)C2CCCCCC2)C1. The molecule has 2 N–H and O–H groups in total. The maximum atomic E-state index is 6.33. The van der Waals surface area contributed by atoms with Crippen LogP contribution in [-0.4, -0.2) is 30.1 Å². The van der Waals surface area contributed by atoms with E-state index in [1.165, 1.54) is 57.8 Å². The van der Waals surface area contributed by atoms with Crippen LogP contribution in [0.4, 0.5) is 0 Å². The molecular weight excluding hydrogens is 244 g/mol. The van der Waals surface area contributed by atoms with E-state index in [0.29, 0.717) is 5.41 Å². The zero-order chi connectivity index (χ0) is 14.8. The third kappa shape index (κ3) is 3.57. The van der Waals surface area contributed by atoms with Crippen LogP contribution in [0.5, 0.6) is 0 Å². The Labute approximate surface area is 126 Å². The normalized spacial score (nSPS) is 36.0. The Morgan fingerprint density at radius 3 is 2.15 bits per heavy atom. The van der Waals surface area contributed by atoms with Crippen LogP contribution in [0.2, 0.25) is 0 Å². The minimum absolute atomic E-state index is 0.246. The summed E-state index contributed by atoms with van der Waals surface area (Å²) in [6, 6.07) is 0.766. The Balaban J connectivity index is 2.15. The summed E-state index contributed by atoms with van der Waals surface area (Å²) in [6.45, 7) is 8.13. The van der Waals surface area contributed by atoms with Crippen LogP contribution in [0.3, 0.4) is 0 Å². The molecule has 2 aliphatic rings. The van der Waals surface area contributed by atoms with Gasteiger partial charge in [0.05, 0.1) is 0 Å². The molecule has 0 aromatic heterocycles. The lowest BCUT2D eigenvalue weighted by molar-refractivity contribution is -0.0231. The summed E-state index contributed by atoms with van der Waals surface area (Å²) in [4.78, 5) is 2.72. The van der Waals surface area contributed by atoms with Crippen molar-refractivity contribution in [2.24, 2.45) is 17.1 Å². The zero-order valence-electron chi connectivity index (χ0n) is 14.3. The maximum absolute atomic E-state index is 6.33. The first-order valence-corrected chi connectivity index (χ1v) is 8.82. The molecular formula is C18H36N2. The highest BCUT2D eigenvalue weighted by Gasteiger charge is 2.46. The second kappa shape index (κ2) is 6.36. The molecule has 0 spiro atoms. The summed E-state index contributed by atoms with van der Waals surface area (Å²) in [7, 11) is 2.37. The van der Waals surface area contributed by atoms with Gasteiger partial charge in [-0.3, -0.25) is 4.90 Å². The summed E-state index contributed by atoms with van der Waals surface area (Å²) in [5.41, 5.74) is 7.01. The summed E-state index contributed by atoms with van der Waals surface area (Å²) in [6.07, 6.45) is 12.4. The molecule has 2 unspecified atom stereocenters. The number of nitrogens with zero attached hydrogens (tertiary/aromatic N) is 1. The molecule has 2 rings (SSSR count). The van der Waals surface area contributed by atoms with E-state index in [-0.39, 0.29) is 5.54 Å². The van der Waals surface area contributed by atoms with Crippen LogP contribution in [-0.2, 0) is 0 Å². The fraction of sp³-hybridized carbons (Fsp3) is 1.00. The van der Waals surface area contributed by atoms with Crippen LogP contribution in [0.1, 0.15) is 78.6 Å². The van der Waals surface area contributed by atoms with E-state index >= 15 is 0 Å². The summed E-state index contributed by atoms with van der Waals surface area (Å²) >= 11 is 0. The smallest absolute Gasteiger partial charge is 0.0339 e. The van der Waals surface area contributed by atoms with Gasteiger partial charge < -0.3 is 5.73 Å². The third-order valence-electron chi connectivity index (χ3n) is 5.94. The van der Waals surface area contributed by atoms with Gasteiger partial charge in [0.15, 0.2) is 0 Å². The van der Waals surface area contributed by atoms with E-state index in [1.807, 2.05) is 0 Å². The van der Waals surface area contributed by atoms with Crippen molar-refractivity contribution in [3.8, 4) is 0 Å². The van der Waals surface area contributed by atoms with Gasteiger partial charge in [0.1, 0.15) is 0 Å². The summed E-state index contributed by atoms with van der Waals surface area (Å²) in [5, 5.41) is 0. The molecule has 2 aliphatic carbocycles. The van der Waals surface area contributed by atoms with Gasteiger partial charge in [-0.1, -0.05) is 46.5 Å². The molecule has 2 nitrogen and oxygen atoms in total. The number of likely N-dealkylation sites (N-methyl/N-ethyl adjacent to an activating group) is 1. The fourth-order valence-electron chi connectivity index (χ4n) is 5.30. The van der Waals surface area contributed by atoms with Crippen molar-refractivity contribution < 1.29 is 0 Å². The number of rotatable bonds is 3. The van der Waals surface area contributed by atoms with Crippen LogP contribution in [0.25, 0.3) is 0 Å². The Bertz CT molecular complexity index is 305. The van der Waals surface area contributed by atoms with Gasteiger partial charge in [-0.2, -0.15) is 0 Å². The van der Waals surface area contributed by atoms with E-state index in [0.717, 1.165) is 18.5 Å². The Kier molecular flexibility index (Phi) is 5.18. The molecule has 0 aromatic rings. The van der Waals surface area contributed by atoms with Gasteiger partial charge in [-0.25, -0.2) is 0 Å². The first-order valence-electron chi connectivity index (χ1n) is 8.82. The van der Waals surface area contributed by atoms with Crippen molar-refractivity contribution in [1.29, 1.82) is 0 Å². The van der Waals surface area contributed by atoms with Gasteiger partial charge in [0.25, 0.3) is 0 Å².